The lowest BCUT2D eigenvalue weighted by Gasteiger charge is -2.34. The lowest BCUT2D eigenvalue weighted by atomic mass is 10.1. The summed E-state index contributed by atoms with van der Waals surface area (Å²) in [5.74, 6) is 5.50. The monoisotopic (exact) mass is 477 g/mol. The molecule has 6 nitrogen and oxygen atoms in total. The number of rotatable bonds is 5. The van der Waals surface area contributed by atoms with Crippen LogP contribution in [0.15, 0.2) is 83.8 Å². The van der Waals surface area contributed by atoms with E-state index in [0.29, 0.717) is 0 Å². The van der Waals surface area contributed by atoms with Gasteiger partial charge in [-0.3, -0.25) is 4.79 Å². The van der Waals surface area contributed by atoms with Gasteiger partial charge in [0.2, 0.25) is 15.9 Å². The Morgan fingerprint density at radius 3 is 2.26 bits per heavy atom. The number of hydrogen-bond donors (Lipinski definition) is 1. The van der Waals surface area contributed by atoms with Gasteiger partial charge in [-0.25, -0.2) is 12.8 Å². The molecule has 0 radical (unpaired) electrons. The largest absolute Gasteiger partial charge is 0.376 e. The Labute approximate surface area is 199 Å². The molecule has 1 aliphatic heterocycles. The van der Waals surface area contributed by atoms with E-state index in [1.165, 1.54) is 22.5 Å². The molecule has 4 rings (SSSR count). The summed E-state index contributed by atoms with van der Waals surface area (Å²) in [6, 6.07) is 22.2. The number of sulfonamides is 1. The van der Waals surface area contributed by atoms with Crippen molar-refractivity contribution in [2.75, 3.05) is 38.0 Å². The first kappa shape index (κ1) is 23.5. The Morgan fingerprint density at radius 1 is 0.853 bits per heavy atom. The number of benzene rings is 3. The van der Waals surface area contributed by atoms with Crippen LogP contribution >= 0.6 is 0 Å². The molecule has 1 amide bonds. The normalized spacial score (nSPS) is 14.2. The fraction of sp³-hybridized carbons (Fsp3) is 0.192. The second-order valence-corrected chi connectivity index (χ2v) is 9.73. The van der Waals surface area contributed by atoms with E-state index in [4.69, 9.17) is 0 Å². The number of amides is 1. The number of anilines is 1. The van der Waals surface area contributed by atoms with Gasteiger partial charge in [-0.05, 0) is 48.5 Å². The topological polar surface area (TPSA) is 69.7 Å². The number of carbonyl (C=O) groups excluding carboxylic acids is 1. The second kappa shape index (κ2) is 10.5. The predicted octanol–water partition coefficient (Wildman–Crippen LogP) is 3.17. The van der Waals surface area contributed by atoms with Gasteiger partial charge in [-0.1, -0.05) is 42.2 Å². The number of nitrogens with zero attached hydrogens (tertiary/aromatic N) is 2. The van der Waals surface area contributed by atoms with E-state index in [2.05, 4.69) is 17.2 Å². The molecule has 0 aromatic heterocycles. The van der Waals surface area contributed by atoms with E-state index >= 15 is 0 Å². The summed E-state index contributed by atoms with van der Waals surface area (Å²) >= 11 is 0. The van der Waals surface area contributed by atoms with E-state index in [9.17, 15) is 17.6 Å². The molecule has 1 aliphatic rings. The zero-order valence-corrected chi connectivity index (χ0v) is 19.3. The molecule has 3 aromatic rings. The molecule has 0 aliphatic carbocycles. The van der Waals surface area contributed by atoms with Gasteiger partial charge in [0.25, 0.3) is 0 Å². The van der Waals surface area contributed by atoms with Crippen molar-refractivity contribution in [2.24, 2.45) is 0 Å². The van der Waals surface area contributed by atoms with Crippen molar-refractivity contribution in [3.8, 4) is 11.8 Å². The van der Waals surface area contributed by atoms with Crippen LogP contribution in [0.5, 0.6) is 0 Å². The standard InChI is InChI=1S/C26H24FN3O3S/c27-23-9-5-11-25(19-23)34(32,33)30-16-14-29(15-17-30)26(31)20-28-24-10-4-8-22(18-24)13-12-21-6-2-1-3-7-21/h1-11,18-19,28H,14-17,20H2. The first-order valence-corrected chi connectivity index (χ1v) is 12.3. The summed E-state index contributed by atoms with van der Waals surface area (Å²) in [5, 5.41) is 3.12. The maximum absolute atomic E-state index is 13.5. The van der Waals surface area contributed by atoms with Crippen LogP contribution in [0.3, 0.4) is 0 Å². The third-order valence-corrected chi connectivity index (χ3v) is 7.35. The molecule has 1 N–H and O–H groups in total. The predicted molar refractivity (Wildman–Crippen MR) is 129 cm³/mol. The van der Waals surface area contributed by atoms with Crippen LogP contribution < -0.4 is 5.32 Å². The quantitative estimate of drug-likeness (QED) is 0.573. The Hall–Kier alpha value is -3.67. The van der Waals surface area contributed by atoms with Crippen LogP contribution in [0.2, 0.25) is 0 Å². The summed E-state index contributed by atoms with van der Waals surface area (Å²) in [5.41, 5.74) is 2.53. The van der Waals surface area contributed by atoms with Crippen LogP contribution in [-0.4, -0.2) is 56.3 Å². The fourth-order valence-electron chi connectivity index (χ4n) is 3.62. The van der Waals surface area contributed by atoms with Gasteiger partial charge in [-0.15, -0.1) is 0 Å². The minimum Gasteiger partial charge on any atom is -0.376 e. The van der Waals surface area contributed by atoms with E-state index < -0.39 is 15.8 Å². The second-order valence-electron chi connectivity index (χ2n) is 7.79. The summed E-state index contributed by atoms with van der Waals surface area (Å²) in [6.45, 7) is 0.964. The van der Waals surface area contributed by atoms with Crippen molar-refractivity contribution in [1.82, 2.24) is 9.21 Å². The number of nitrogens with one attached hydrogen (secondary N) is 1. The summed E-state index contributed by atoms with van der Waals surface area (Å²) < 4.78 is 40.2. The Kier molecular flexibility index (Phi) is 7.26. The molecule has 0 bridgehead atoms. The molecule has 3 aromatic carbocycles. The van der Waals surface area contributed by atoms with Crippen LogP contribution in [0.4, 0.5) is 10.1 Å². The maximum atomic E-state index is 13.5. The van der Waals surface area contributed by atoms with Gasteiger partial charge < -0.3 is 10.2 Å². The number of halogens is 1. The molecule has 1 saturated heterocycles. The highest BCUT2D eigenvalue weighted by atomic mass is 32.2. The highest BCUT2D eigenvalue weighted by molar-refractivity contribution is 7.89. The zero-order chi connectivity index (χ0) is 24.0. The minimum atomic E-state index is -3.79. The molecule has 0 saturated carbocycles. The Bertz CT molecular complexity index is 1330. The third kappa shape index (κ3) is 5.81. The summed E-state index contributed by atoms with van der Waals surface area (Å²) in [4.78, 5) is 14.2. The van der Waals surface area contributed by atoms with Gasteiger partial charge in [-0.2, -0.15) is 4.31 Å². The molecule has 34 heavy (non-hydrogen) atoms. The van der Waals surface area contributed by atoms with Gasteiger partial charge in [0.05, 0.1) is 11.4 Å². The molecule has 0 spiro atoms. The highest BCUT2D eigenvalue weighted by Crippen LogP contribution is 2.18. The van der Waals surface area contributed by atoms with Gasteiger partial charge >= 0.3 is 0 Å². The molecule has 8 heteroatoms. The van der Waals surface area contributed by atoms with Gasteiger partial charge in [0.15, 0.2) is 0 Å². The van der Waals surface area contributed by atoms with E-state index in [-0.39, 0.29) is 43.5 Å². The average Bonchev–Trinajstić information content (AvgIpc) is 2.87. The van der Waals surface area contributed by atoms with Gasteiger partial charge in [0, 0.05) is 43.0 Å². The number of hydrogen-bond acceptors (Lipinski definition) is 4. The van der Waals surface area contributed by atoms with Crippen molar-refractivity contribution >= 4 is 21.6 Å². The Balaban J connectivity index is 1.31. The van der Waals surface area contributed by atoms with Crippen LogP contribution in [-0.2, 0) is 14.8 Å². The smallest absolute Gasteiger partial charge is 0.243 e. The molecule has 1 fully saturated rings. The molecule has 0 atom stereocenters. The van der Waals surface area contributed by atoms with E-state index in [1.807, 2.05) is 54.6 Å². The van der Waals surface area contributed by atoms with Crippen molar-refractivity contribution in [2.45, 2.75) is 4.90 Å². The third-order valence-electron chi connectivity index (χ3n) is 5.46. The lowest BCUT2D eigenvalue weighted by Crippen LogP contribution is -2.51. The Morgan fingerprint density at radius 2 is 1.53 bits per heavy atom. The lowest BCUT2D eigenvalue weighted by molar-refractivity contribution is -0.130. The maximum Gasteiger partial charge on any atom is 0.243 e. The molecular formula is C26H24FN3O3S. The number of piperazine rings is 1. The number of carbonyl (C=O) groups is 1. The molecule has 0 unspecified atom stereocenters. The first-order valence-electron chi connectivity index (χ1n) is 10.9. The zero-order valence-electron chi connectivity index (χ0n) is 18.4. The van der Waals surface area contributed by atoms with Crippen molar-refractivity contribution in [1.29, 1.82) is 0 Å². The molecule has 1 heterocycles. The van der Waals surface area contributed by atoms with Gasteiger partial charge in [0.1, 0.15) is 5.82 Å². The summed E-state index contributed by atoms with van der Waals surface area (Å²) in [6.07, 6.45) is 0. The first-order chi connectivity index (χ1) is 16.4. The van der Waals surface area contributed by atoms with Crippen molar-refractivity contribution < 1.29 is 17.6 Å². The van der Waals surface area contributed by atoms with Crippen molar-refractivity contribution in [3.05, 3.63) is 95.8 Å². The van der Waals surface area contributed by atoms with Crippen molar-refractivity contribution in [3.63, 3.8) is 0 Å². The SMILES string of the molecule is O=C(CNc1cccc(C#Cc2ccccc2)c1)N1CCN(S(=O)(=O)c2cccc(F)c2)CC1. The van der Waals surface area contributed by atoms with Crippen LogP contribution in [0.1, 0.15) is 11.1 Å². The minimum absolute atomic E-state index is 0.0795. The summed E-state index contributed by atoms with van der Waals surface area (Å²) in [7, 11) is -3.79. The average molecular weight is 478 g/mol. The van der Waals surface area contributed by atoms with Crippen LogP contribution in [0, 0.1) is 17.7 Å². The molecule has 174 valence electrons. The molecular weight excluding hydrogens is 453 g/mol. The van der Waals surface area contributed by atoms with Crippen LogP contribution in [0.25, 0.3) is 0 Å². The highest BCUT2D eigenvalue weighted by Gasteiger charge is 2.30. The van der Waals surface area contributed by atoms with E-state index in [1.54, 1.807) is 4.90 Å². The fourth-order valence-corrected chi connectivity index (χ4v) is 5.07. The van der Waals surface area contributed by atoms with E-state index in [0.717, 1.165) is 22.9 Å².